The fraction of sp³-hybridized carbons (Fsp3) is 0.235. The van der Waals surface area contributed by atoms with Gasteiger partial charge in [0, 0.05) is 6.04 Å². The van der Waals surface area contributed by atoms with Gasteiger partial charge in [0.15, 0.2) is 0 Å². The van der Waals surface area contributed by atoms with Gasteiger partial charge in [-0.1, -0.05) is 12.1 Å². The van der Waals surface area contributed by atoms with E-state index in [4.69, 9.17) is 15.7 Å². The lowest BCUT2D eigenvalue weighted by Crippen LogP contribution is -2.17. The second kappa shape index (κ2) is 6.87. The van der Waals surface area contributed by atoms with Gasteiger partial charge in [-0.15, -0.1) is 0 Å². The third-order valence-electron chi connectivity index (χ3n) is 2.97. The maximum absolute atomic E-state index is 13.3. The lowest BCUT2D eigenvalue weighted by Gasteiger charge is -2.09. The number of hydrogen-bond donors (Lipinski definition) is 1. The Hall–Kier alpha value is -2.38. The predicted octanol–water partition coefficient (Wildman–Crippen LogP) is 3.17. The van der Waals surface area contributed by atoms with Gasteiger partial charge in [-0.2, -0.15) is 5.26 Å². The second-order valence-corrected chi connectivity index (χ2v) is 5.07. The largest absolute Gasteiger partial charge is 0.489 e. The monoisotopic (exact) mass is 284 g/mol. The van der Waals surface area contributed by atoms with Gasteiger partial charge in [-0.3, -0.25) is 0 Å². The highest BCUT2D eigenvalue weighted by Gasteiger charge is 2.03. The third-order valence-corrected chi connectivity index (χ3v) is 2.97. The van der Waals surface area contributed by atoms with Crippen LogP contribution < -0.4 is 10.5 Å². The molecule has 0 fully saturated rings. The summed E-state index contributed by atoms with van der Waals surface area (Å²) in [5.74, 6) is 0.270. The molecule has 21 heavy (non-hydrogen) atoms. The molecule has 1 atom stereocenters. The first-order valence-corrected chi connectivity index (χ1v) is 6.73. The van der Waals surface area contributed by atoms with Crippen LogP contribution in [-0.2, 0) is 13.0 Å². The molecule has 0 radical (unpaired) electrons. The van der Waals surface area contributed by atoms with E-state index in [-0.39, 0.29) is 12.6 Å². The van der Waals surface area contributed by atoms with Crippen LogP contribution in [0.15, 0.2) is 42.5 Å². The number of ether oxygens (including phenoxy) is 1. The molecule has 2 aromatic carbocycles. The molecule has 4 heteroatoms. The van der Waals surface area contributed by atoms with Crippen molar-refractivity contribution in [3.05, 3.63) is 65.0 Å². The molecule has 0 aliphatic carbocycles. The van der Waals surface area contributed by atoms with Crippen LogP contribution in [0, 0.1) is 17.1 Å². The molecule has 1 unspecified atom stereocenters. The molecule has 0 saturated heterocycles. The minimum absolute atomic E-state index is 0.119. The average molecular weight is 284 g/mol. The van der Waals surface area contributed by atoms with Gasteiger partial charge < -0.3 is 10.5 Å². The number of nitriles is 1. The van der Waals surface area contributed by atoms with E-state index in [1.807, 2.05) is 37.3 Å². The van der Waals surface area contributed by atoms with Crippen LogP contribution in [0.2, 0.25) is 0 Å². The first kappa shape index (κ1) is 15.0. The molecule has 0 saturated carbocycles. The standard InChI is InChI=1S/C17H17FN2O/c1-12(20)6-13-2-4-17(5-3-13)21-11-15-7-14(10-19)8-16(18)9-15/h2-5,7-9,12H,6,11,20H2,1H3. The summed E-state index contributed by atoms with van der Waals surface area (Å²) in [7, 11) is 0. The summed E-state index contributed by atoms with van der Waals surface area (Å²) < 4.78 is 18.9. The molecule has 0 bridgehead atoms. The number of nitrogens with two attached hydrogens (primary N) is 1. The smallest absolute Gasteiger partial charge is 0.124 e. The summed E-state index contributed by atoms with van der Waals surface area (Å²) in [4.78, 5) is 0. The average Bonchev–Trinajstić information content (AvgIpc) is 2.45. The number of rotatable bonds is 5. The van der Waals surface area contributed by atoms with Crippen molar-refractivity contribution in [1.29, 1.82) is 5.26 Å². The van der Waals surface area contributed by atoms with Crippen molar-refractivity contribution in [2.45, 2.75) is 26.0 Å². The molecular formula is C17H17FN2O. The van der Waals surface area contributed by atoms with Crippen molar-refractivity contribution < 1.29 is 9.13 Å². The van der Waals surface area contributed by atoms with Crippen LogP contribution in [0.3, 0.4) is 0 Å². The summed E-state index contributed by atoms with van der Waals surface area (Å²) >= 11 is 0. The SMILES string of the molecule is CC(N)Cc1ccc(OCc2cc(F)cc(C#N)c2)cc1. The Morgan fingerprint density at radius 1 is 1.19 bits per heavy atom. The van der Waals surface area contributed by atoms with Gasteiger partial charge in [-0.25, -0.2) is 4.39 Å². The van der Waals surface area contributed by atoms with Crippen LogP contribution in [0.5, 0.6) is 5.75 Å². The minimum atomic E-state index is -0.431. The Morgan fingerprint density at radius 3 is 2.52 bits per heavy atom. The molecule has 0 heterocycles. The van der Waals surface area contributed by atoms with Crippen molar-refractivity contribution >= 4 is 0 Å². The summed E-state index contributed by atoms with van der Waals surface area (Å²) in [6.07, 6.45) is 0.815. The Labute approximate surface area is 123 Å². The Balaban J connectivity index is 2.00. The zero-order valence-electron chi connectivity index (χ0n) is 11.8. The van der Waals surface area contributed by atoms with Crippen LogP contribution in [0.4, 0.5) is 4.39 Å². The Morgan fingerprint density at radius 2 is 1.90 bits per heavy atom. The van der Waals surface area contributed by atoms with Gasteiger partial charge in [0.2, 0.25) is 0 Å². The Bertz CT molecular complexity index is 645. The number of hydrogen-bond acceptors (Lipinski definition) is 3. The van der Waals surface area contributed by atoms with Gasteiger partial charge in [0.25, 0.3) is 0 Å². The minimum Gasteiger partial charge on any atom is -0.489 e. The lowest BCUT2D eigenvalue weighted by atomic mass is 10.1. The van der Waals surface area contributed by atoms with E-state index in [9.17, 15) is 4.39 Å². The van der Waals surface area contributed by atoms with E-state index < -0.39 is 5.82 Å². The molecule has 2 N–H and O–H groups in total. The molecule has 0 aliphatic heterocycles. The summed E-state index contributed by atoms with van der Waals surface area (Å²) in [5, 5.41) is 8.81. The van der Waals surface area contributed by atoms with Gasteiger partial charge in [0.05, 0.1) is 11.6 Å². The van der Waals surface area contributed by atoms with Crippen molar-refractivity contribution in [2.75, 3.05) is 0 Å². The highest BCUT2D eigenvalue weighted by molar-refractivity contribution is 5.34. The van der Waals surface area contributed by atoms with Gasteiger partial charge >= 0.3 is 0 Å². The molecule has 2 aromatic rings. The molecular weight excluding hydrogens is 267 g/mol. The second-order valence-electron chi connectivity index (χ2n) is 5.07. The fourth-order valence-corrected chi connectivity index (χ4v) is 2.06. The fourth-order valence-electron chi connectivity index (χ4n) is 2.06. The summed E-state index contributed by atoms with van der Waals surface area (Å²) in [6.45, 7) is 2.18. The molecule has 2 rings (SSSR count). The first-order valence-electron chi connectivity index (χ1n) is 6.73. The van der Waals surface area contributed by atoms with E-state index in [0.29, 0.717) is 16.9 Å². The van der Waals surface area contributed by atoms with E-state index in [2.05, 4.69) is 0 Å². The topological polar surface area (TPSA) is 59.0 Å². The van der Waals surface area contributed by atoms with E-state index in [0.717, 1.165) is 12.0 Å². The van der Waals surface area contributed by atoms with Crippen molar-refractivity contribution in [3.8, 4) is 11.8 Å². The van der Waals surface area contributed by atoms with Crippen molar-refractivity contribution in [1.82, 2.24) is 0 Å². The normalized spacial score (nSPS) is 11.7. The maximum Gasteiger partial charge on any atom is 0.124 e. The number of benzene rings is 2. The van der Waals surface area contributed by atoms with Crippen LogP contribution >= 0.6 is 0 Å². The first-order chi connectivity index (χ1) is 10.1. The lowest BCUT2D eigenvalue weighted by molar-refractivity contribution is 0.305. The van der Waals surface area contributed by atoms with E-state index in [1.54, 1.807) is 6.07 Å². The molecule has 0 spiro atoms. The van der Waals surface area contributed by atoms with Crippen LogP contribution in [0.1, 0.15) is 23.6 Å². The third kappa shape index (κ3) is 4.59. The predicted molar refractivity (Wildman–Crippen MR) is 79.2 cm³/mol. The van der Waals surface area contributed by atoms with Crippen LogP contribution in [-0.4, -0.2) is 6.04 Å². The van der Waals surface area contributed by atoms with Gasteiger partial charge in [0.1, 0.15) is 18.2 Å². The number of halogens is 1. The molecule has 0 amide bonds. The highest BCUT2D eigenvalue weighted by Crippen LogP contribution is 2.16. The van der Waals surface area contributed by atoms with Crippen molar-refractivity contribution in [2.24, 2.45) is 5.73 Å². The molecule has 0 aromatic heterocycles. The van der Waals surface area contributed by atoms with Crippen LogP contribution in [0.25, 0.3) is 0 Å². The van der Waals surface area contributed by atoms with E-state index >= 15 is 0 Å². The van der Waals surface area contributed by atoms with Gasteiger partial charge in [-0.05, 0) is 54.8 Å². The summed E-state index contributed by atoms with van der Waals surface area (Å²) in [6, 6.07) is 13.9. The zero-order chi connectivity index (χ0) is 15.2. The Kier molecular flexibility index (Phi) is 4.91. The highest BCUT2D eigenvalue weighted by atomic mass is 19.1. The van der Waals surface area contributed by atoms with Crippen molar-refractivity contribution in [3.63, 3.8) is 0 Å². The molecule has 0 aliphatic rings. The van der Waals surface area contributed by atoms with E-state index in [1.165, 1.54) is 12.1 Å². The number of nitrogens with zero attached hydrogens (tertiary/aromatic N) is 1. The zero-order valence-corrected chi connectivity index (χ0v) is 11.8. The molecule has 108 valence electrons. The maximum atomic E-state index is 13.3. The quantitative estimate of drug-likeness (QED) is 0.917. The summed E-state index contributed by atoms with van der Waals surface area (Å²) in [5.41, 5.74) is 7.82. The molecule has 3 nitrogen and oxygen atoms in total.